The second kappa shape index (κ2) is 4.94. The summed E-state index contributed by atoms with van der Waals surface area (Å²) in [5.41, 5.74) is 5.31. The van der Waals surface area contributed by atoms with Crippen LogP contribution >= 0.6 is 15.9 Å². The zero-order chi connectivity index (χ0) is 11.5. The predicted octanol–water partition coefficient (Wildman–Crippen LogP) is 2.84. The zero-order valence-corrected chi connectivity index (χ0v) is 9.35. The number of nitrogens with two attached hydrogens (primary N) is 1. The lowest BCUT2D eigenvalue weighted by Gasteiger charge is -2.19. The molecule has 0 fully saturated rings. The molecule has 0 aromatic carbocycles. The molecule has 0 radical (unpaired) electrons. The van der Waals surface area contributed by atoms with Gasteiger partial charge >= 0.3 is 6.18 Å². The summed E-state index contributed by atoms with van der Waals surface area (Å²) in [4.78, 5) is 3.77. The molecule has 6 heteroatoms. The van der Waals surface area contributed by atoms with Crippen LogP contribution in [0.15, 0.2) is 22.9 Å². The van der Waals surface area contributed by atoms with Gasteiger partial charge in [-0.25, -0.2) is 4.98 Å². The molecule has 1 rings (SSSR count). The number of halogens is 4. The zero-order valence-electron chi connectivity index (χ0n) is 7.76. The fourth-order valence-corrected chi connectivity index (χ4v) is 1.51. The fraction of sp³-hybridized carbons (Fsp3) is 0.444. The molecule has 0 bridgehead atoms. The van der Waals surface area contributed by atoms with Gasteiger partial charge in [-0.1, -0.05) is 6.07 Å². The first-order chi connectivity index (χ1) is 6.95. The van der Waals surface area contributed by atoms with Crippen molar-refractivity contribution in [2.75, 3.05) is 6.54 Å². The van der Waals surface area contributed by atoms with E-state index in [4.69, 9.17) is 5.73 Å². The highest BCUT2D eigenvalue weighted by molar-refractivity contribution is 9.10. The maximum atomic E-state index is 12.6. The summed E-state index contributed by atoms with van der Waals surface area (Å²) in [6.45, 7) is 0.000239. The Hall–Kier alpha value is -0.620. The van der Waals surface area contributed by atoms with Crippen molar-refractivity contribution in [2.24, 2.45) is 5.73 Å². The molecular weight excluding hydrogens is 273 g/mol. The molecule has 0 aliphatic heterocycles. The Morgan fingerprint density at radius 3 is 2.47 bits per heavy atom. The molecule has 15 heavy (non-hydrogen) atoms. The molecule has 2 N–H and O–H groups in total. The quantitative estimate of drug-likeness (QED) is 0.866. The van der Waals surface area contributed by atoms with E-state index < -0.39 is 12.1 Å². The topological polar surface area (TPSA) is 38.9 Å². The Balaban J connectivity index is 2.94. The summed E-state index contributed by atoms with van der Waals surface area (Å²) in [6, 6.07) is 2.90. The molecule has 0 aliphatic carbocycles. The summed E-state index contributed by atoms with van der Waals surface area (Å²) in [7, 11) is 0. The first kappa shape index (κ1) is 12.4. The third-order valence-electron chi connectivity index (χ3n) is 2.00. The summed E-state index contributed by atoms with van der Waals surface area (Å²) >= 11 is 3.07. The van der Waals surface area contributed by atoms with Gasteiger partial charge in [0.1, 0.15) is 4.60 Å². The van der Waals surface area contributed by atoms with Crippen LogP contribution in [0.2, 0.25) is 0 Å². The third-order valence-corrected chi connectivity index (χ3v) is 2.47. The van der Waals surface area contributed by atoms with E-state index in [2.05, 4.69) is 20.9 Å². The van der Waals surface area contributed by atoms with Crippen LogP contribution in [0, 0.1) is 0 Å². The minimum atomic E-state index is -4.27. The monoisotopic (exact) mass is 282 g/mol. The van der Waals surface area contributed by atoms with Gasteiger partial charge < -0.3 is 5.73 Å². The average molecular weight is 283 g/mol. The lowest BCUT2D eigenvalue weighted by atomic mass is 9.97. The van der Waals surface area contributed by atoms with E-state index in [9.17, 15) is 13.2 Å². The molecular formula is C9H10BrF3N2. The van der Waals surface area contributed by atoms with Gasteiger partial charge in [0.05, 0.1) is 5.92 Å². The summed E-state index contributed by atoms with van der Waals surface area (Å²) in [6.07, 6.45) is -3.17. The summed E-state index contributed by atoms with van der Waals surface area (Å²) in [5.74, 6) is -1.52. The Kier molecular flexibility index (Phi) is 4.10. The van der Waals surface area contributed by atoms with Crippen molar-refractivity contribution >= 4 is 15.9 Å². The molecule has 0 saturated carbocycles. The largest absolute Gasteiger partial charge is 0.395 e. The highest BCUT2D eigenvalue weighted by Gasteiger charge is 2.40. The second-order valence-electron chi connectivity index (χ2n) is 3.09. The second-order valence-corrected chi connectivity index (χ2v) is 3.90. The number of hydrogen-bond acceptors (Lipinski definition) is 2. The third kappa shape index (κ3) is 3.46. The van der Waals surface area contributed by atoms with Gasteiger partial charge in [0.25, 0.3) is 0 Å². The number of pyridine rings is 1. The minimum Gasteiger partial charge on any atom is -0.330 e. The molecule has 1 aromatic heterocycles. The van der Waals surface area contributed by atoms with Crippen LogP contribution < -0.4 is 5.73 Å². The van der Waals surface area contributed by atoms with Crippen molar-refractivity contribution in [1.82, 2.24) is 4.98 Å². The SMILES string of the molecule is NCCC(c1ccc(Br)nc1)C(F)(F)F. The maximum absolute atomic E-state index is 12.6. The standard InChI is InChI=1S/C9H10BrF3N2/c10-8-2-1-6(5-15-8)7(3-4-14)9(11,12)13/h1-2,5,7H,3-4,14H2. The predicted molar refractivity (Wildman–Crippen MR) is 54.4 cm³/mol. The number of rotatable bonds is 3. The van der Waals surface area contributed by atoms with Crippen LogP contribution in [0.3, 0.4) is 0 Å². The summed E-state index contributed by atoms with van der Waals surface area (Å²) in [5, 5.41) is 0. The highest BCUT2D eigenvalue weighted by Crippen LogP contribution is 2.36. The van der Waals surface area contributed by atoms with E-state index in [0.29, 0.717) is 4.60 Å². The fourth-order valence-electron chi connectivity index (χ4n) is 1.28. The lowest BCUT2D eigenvalue weighted by Crippen LogP contribution is -2.23. The molecule has 2 nitrogen and oxygen atoms in total. The van der Waals surface area contributed by atoms with E-state index in [0.717, 1.165) is 0 Å². The van der Waals surface area contributed by atoms with Gasteiger partial charge in [-0.15, -0.1) is 0 Å². The van der Waals surface area contributed by atoms with Crippen LogP contribution in [-0.4, -0.2) is 17.7 Å². The van der Waals surface area contributed by atoms with Gasteiger partial charge in [0.2, 0.25) is 0 Å². The van der Waals surface area contributed by atoms with Crippen molar-refractivity contribution in [1.29, 1.82) is 0 Å². The van der Waals surface area contributed by atoms with E-state index in [-0.39, 0.29) is 18.5 Å². The molecule has 0 saturated heterocycles. The first-order valence-electron chi connectivity index (χ1n) is 4.33. The Morgan fingerprint density at radius 2 is 2.07 bits per heavy atom. The molecule has 1 aromatic rings. The molecule has 1 unspecified atom stereocenters. The first-order valence-corrected chi connectivity index (χ1v) is 5.12. The van der Waals surface area contributed by atoms with E-state index >= 15 is 0 Å². The van der Waals surface area contributed by atoms with E-state index in [1.165, 1.54) is 18.3 Å². The molecule has 84 valence electrons. The Morgan fingerprint density at radius 1 is 1.40 bits per heavy atom. The Bertz CT molecular complexity index is 310. The maximum Gasteiger partial charge on any atom is 0.395 e. The van der Waals surface area contributed by atoms with Gasteiger partial charge in [-0.05, 0) is 40.5 Å². The molecule has 0 amide bonds. The number of hydrogen-bond donors (Lipinski definition) is 1. The van der Waals surface area contributed by atoms with Crippen molar-refractivity contribution in [3.05, 3.63) is 28.5 Å². The molecule has 0 aliphatic rings. The Labute approximate surface area is 93.8 Å². The van der Waals surface area contributed by atoms with Crippen LogP contribution in [0.4, 0.5) is 13.2 Å². The molecule has 0 spiro atoms. The van der Waals surface area contributed by atoms with E-state index in [1.54, 1.807) is 0 Å². The van der Waals surface area contributed by atoms with Crippen LogP contribution in [0.25, 0.3) is 0 Å². The van der Waals surface area contributed by atoms with Gasteiger partial charge in [0, 0.05) is 6.20 Å². The van der Waals surface area contributed by atoms with Crippen molar-refractivity contribution < 1.29 is 13.2 Å². The van der Waals surface area contributed by atoms with Crippen LogP contribution in [0.5, 0.6) is 0 Å². The van der Waals surface area contributed by atoms with Crippen molar-refractivity contribution in [2.45, 2.75) is 18.5 Å². The van der Waals surface area contributed by atoms with Gasteiger partial charge in [-0.3, -0.25) is 0 Å². The normalized spacial score (nSPS) is 13.9. The van der Waals surface area contributed by atoms with E-state index in [1.807, 2.05) is 0 Å². The number of alkyl halides is 3. The van der Waals surface area contributed by atoms with Crippen LogP contribution in [0.1, 0.15) is 17.9 Å². The van der Waals surface area contributed by atoms with Crippen LogP contribution in [-0.2, 0) is 0 Å². The van der Waals surface area contributed by atoms with Gasteiger partial charge in [0.15, 0.2) is 0 Å². The van der Waals surface area contributed by atoms with Crippen molar-refractivity contribution in [3.8, 4) is 0 Å². The average Bonchev–Trinajstić information content (AvgIpc) is 2.14. The molecule has 1 heterocycles. The lowest BCUT2D eigenvalue weighted by molar-refractivity contribution is -0.151. The smallest absolute Gasteiger partial charge is 0.330 e. The van der Waals surface area contributed by atoms with Crippen molar-refractivity contribution in [3.63, 3.8) is 0 Å². The van der Waals surface area contributed by atoms with Gasteiger partial charge in [-0.2, -0.15) is 13.2 Å². The highest BCUT2D eigenvalue weighted by atomic mass is 79.9. The molecule has 1 atom stereocenters. The summed E-state index contributed by atoms with van der Waals surface area (Å²) < 4.78 is 38.3. The number of aromatic nitrogens is 1. The minimum absolute atomic E-state index is 0.000239. The number of nitrogens with zero attached hydrogens (tertiary/aromatic N) is 1.